The van der Waals surface area contributed by atoms with Gasteiger partial charge in [0.1, 0.15) is 0 Å². The van der Waals surface area contributed by atoms with Crippen molar-refractivity contribution in [1.82, 2.24) is 24.8 Å². The van der Waals surface area contributed by atoms with E-state index in [0.29, 0.717) is 32.0 Å². The maximum atomic E-state index is 12.7. The quantitative estimate of drug-likeness (QED) is 0.767. The first-order valence-electron chi connectivity index (χ1n) is 10.3. The van der Waals surface area contributed by atoms with Gasteiger partial charge in [-0.05, 0) is 42.5 Å². The number of carbonyl (C=O) groups excluding carboxylic acids is 2. The van der Waals surface area contributed by atoms with Gasteiger partial charge in [-0.2, -0.15) is 11.3 Å². The van der Waals surface area contributed by atoms with Gasteiger partial charge in [-0.15, -0.1) is 5.10 Å². The van der Waals surface area contributed by atoms with Crippen molar-refractivity contribution < 1.29 is 14.3 Å². The molecule has 2 aliphatic heterocycles. The number of morpholine rings is 1. The number of hydrogen-bond acceptors (Lipinski definition) is 6. The van der Waals surface area contributed by atoms with Gasteiger partial charge in [0, 0.05) is 31.6 Å². The van der Waals surface area contributed by atoms with Gasteiger partial charge < -0.3 is 14.5 Å². The lowest BCUT2D eigenvalue weighted by atomic mass is 9.59. The van der Waals surface area contributed by atoms with Crippen molar-refractivity contribution in [3.8, 4) is 0 Å². The number of nitrogens with zero attached hydrogens (tertiary/aromatic N) is 5. The van der Waals surface area contributed by atoms with Crippen LogP contribution in [0.2, 0.25) is 0 Å². The second-order valence-electron chi connectivity index (χ2n) is 8.21. The maximum absolute atomic E-state index is 12.7. The lowest BCUT2D eigenvalue weighted by Gasteiger charge is -2.53. The summed E-state index contributed by atoms with van der Waals surface area (Å²) in [5.74, 6) is 0.0697. The third kappa shape index (κ3) is 3.36. The lowest BCUT2D eigenvalue weighted by molar-refractivity contribution is -0.0268. The molecule has 0 bridgehead atoms. The van der Waals surface area contributed by atoms with Gasteiger partial charge in [-0.1, -0.05) is 5.21 Å². The Bertz CT molecular complexity index is 882. The highest BCUT2D eigenvalue weighted by Gasteiger charge is 2.50. The molecule has 29 heavy (non-hydrogen) atoms. The van der Waals surface area contributed by atoms with E-state index in [1.165, 1.54) is 0 Å². The molecule has 2 aromatic heterocycles. The number of rotatable bonds is 3. The Balaban J connectivity index is 1.24. The smallest absolute Gasteiger partial charge is 0.276 e. The van der Waals surface area contributed by atoms with Gasteiger partial charge in [0.15, 0.2) is 5.69 Å². The molecule has 1 spiro atoms. The third-order valence-corrected chi connectivity index (χ3v) is 7.47. The van der Waals surface area contributed by atoms with Gasteiger partial charge in [0.2, 0.25) is 0 Å². The number of carbonyl (C=O) groups is 2. The summed E-state index contributed by atoms with van der Waals surface area (Å²) in [4.78, 5) is 29.0. The van der Waals surface area contributed by atoms with E-state index in [2.05, 4.69) is 10.3 Å². The fourth-order valence-corrected chi connectivity index (χ4v) is 5.49. The zero-order valence-electron chi connectivity index (χ0n) is 16.3. The van der Waals surface area contributed by atoms with E-state index >= 15 is 0 Å². The molecule has 5 rings (SSSR count). The van der Waals surface area contributed by atoms with Crippen LogP contribution >= 0.6 is 11.3 Å². The average molecular weight is 416 g/mol. The number of hydrogen-bond donors (Lipinski definition) is 0. The molecule has 2 saturated heterocycles. The molecule has 0 radical (unpaired) electrons. The van der Waals surface area contributed by atoms with E-state index in [9.17, 15) is 9.59 Å². The molecule has 0 aromatic carbocycles. The Kier molecular flexibility index (Phi) is 4.87. The number of likely N-dealkylation sites (tertiary alicyclic amines) is 1. The minimum Gasteiger partial charge on any atom is -0.378 e. The molecule has 2 aromatic rings. The van der Waals surface area contributed by atoms with Crippen molar-refractivity contribution >= 4 is 23.2 Å². The van der Waals surface area contributed by atoms with E-state index in [1.807, 2.05) is 32.6 Å². The fourth-order valence-electron chi connectivity index (χ4n) is 4.86. The minimum atomic E-state index is -0.0656. The molecule has 0 N–H and O–H groups in total. The third-order valence-electron chi connectivity index (χ3n) is 6.78. The first-order valence-corrected chi connectivity index (χ1v) is 11.2. The molecule has 1 unspecified atom stereocenters. The van der Waals surface area contributed by atoms with Gasteiger partial charge in [0.05, 0.1) is 31.0 Å². The predicted octanol–water partition coefficient (Wildman–Crippen LogP) is 2.07. The Morgan fingerprint density at radius 1 is 1.07 bits per heavy atom. The van der Waals surface area contributed by atoms with Crippen LogP contribution in [0.5, 0.6) is 0 Å². The first-order chi connectivity index (χ1) is 14.2. The Morgan fingerprint density at radius 2 is 1.83 bits per heavy atom. The standard InChI is InChI=1S/C20H25N5O3S/c26-18(15-2-12-29-14-15)23-6-4-20(5-7-23)3-1-17(20)25-13-16(21-22-25)19(27)24-8-10-28-11-9-24/h2,12-14,17H,1,3-11H2. The van der Waals surface area contributed by atoms with Crippen LogP contribution in [0, 0.1) is 5.41 Å². The Labute approximate surface area is 173 Å². The van der Waals surface area contributed by atoms with Crippen LogP contribution in [0.1, 0.15) is 52.6 Å². The summed E-state index contributed by atoms with van der Waals surface area (Å²) < 4.78 is 7.21. The molecule has 154 valence electrons. The molecule has 4 heterocycles. The monoisotopic (exact) mass is 415 g/mol. The topological polar surface area (TPSA) is 80.6 Å². The lowest BCUT2D eigenvalue weighted by Crippen LogP contribution is -2.51. The summed E-state index contributed by atoms with van der Waals surface area (Å²) in [5, 5.41) is 12.3. The summed E-state index contributed by atoms with van der Waals surface area (Å²) in [6, 6.07) is 2.16. The van der Waals surface area contributed by atoms with Crippen LogP contribution < -0.4 is 0 Å². The van der Waals surface area contributed by atoms with E-state index in [0.717, 1.165) is 44.3 Å². The molecule has 3 fully saturated rings. The molecule has 3 aliphatic rings. The molecule has 2 amide bonds. The van der Waals surface area contributed by atoms with Crippen molar-refractivity contribution in [2.75, 3.05) is 39.4 Å². The number of thiophene rings is 1. The highest BCUT2D eigenvalue weighted by molar-refractivity contribution is 7.08. The summed E-state index contributed by atoms with van der Waals surface area (Å²) >= 11 is 1.56. The average Bonchev–Trinajstić information content (AvgIpc) is 3.45. The van der Waals surface area contributed by atoms with Crippen molar-refractivity contribution in [2.45, 2.75) is 31.7 Å². The molecule has 1 atom stereocenters. The molecular formula is C20H25N5O3S. The van der Waals surface area contributed by atoms with Crippen LogP contribution in [-0.4, -0.2) is 76.0 Å². The summed E-state index contributed by atoms with van der Waals surface area (Å²) in [5.41, 5.74) is 1.37. The van der Waals surface area contributed by atoms with Gasteiger partial charge in [0.25, 0.3) is 11.8 Å². The molecule has 8 nitrogen and oxygen atoms in total. The van der Waals surface area contributed by atoms with E-state index < -0.39 is 0 Å². The summed E-state index contributed by atoms with van der Waals surface area (Å²) in [7, 11) is 0. The number of aromatic nitrogens is 3. The van der Waals surface area contributed by atoms with Gasteiger partial charge >= 0.3 is 0 Å². The van der Waals surface area contributed by atoms with Crippen LogP contribution in [0.25, 0.3) is 0 Å². The van der Waals surface area contributed by atoms with Crippen LogP contribution in [0.3, 0.4) is 0 Å². The summed E-state index contributed by atoms with van der Waals surface area (Å²) in [6.07, 6.45) is 5.95. The second-order valence-corrected chi connectivity index (χ2v) is 8.99. The number of amides is 2. The molecule has 9 heteroatoms. The van der Waals surface area contributed by atoms with Crippen molar-refractivity contribution in [3.05, 3.63) is 34.3 Å². The van der Waals surface area contributed by atoms with Gasteiger partial charge in [-0.3, -0.25) is 9.59 Å². The van der Waals surface area contributed by atoms with Crippen molar-refractivity contribution in [2.24, 2.45) is 5.41 Å². The van der Waals surface area contributed by atoms with Crippen molar-refractivity contribution in [1.29, 1.82) is 0 Å². The van der Waals surface area contributed by atoms with E-state index in [4.69, 9.17) is 4.74 Å². The van der Waals surface area contributed by atoms with Crippen LogP contribution in [0.4, 0.5) is 0 Å². The SMILES string of the molecule is O=C(c1ccsc1)N1CCC2(CCC2n2cc(C(=O)N3CCOCC3)nn2)CC1. The van der Waals surface area contributed by atoms with Crippen LogP contribution in [0.15, 0.2) is 23.0 Å². The van der Waals surface area contributed by atoms with E-state index in [1.54, 1.807) is 16.2 Å². The summed E-state index contributed by atoms with van der Waals surface area (Å²) in [6.45, 7) is 3.91. The molecule has 1 aliphatic carbocycles. The second kappa shape index (κ2) is 7.53. The van der Waals surface area contributed by atoms with Crippen molar-refractivity contribution in [3.63, 3.8) is 0 Å². The van der Waals surface area contributed by atoms with Gasteiger partial charge in [-0.25, -0.2) is 4.68 Å². The normalized spacial score (nSPS) is 23.8. The predicted molar refractivity (Wildman–Crippen MR) is 107 cm³/mol. The zero-order valence-corrected chi connectivity index (χ0v) is 17.1. The molecule has 1 saturated carbocycles. The highest BCUT2D eigenvalue weighted by atomic mass is 32.1. The van der Waals surface area contributed by atoms with E-state index in [-0.39, 0.29) is 23.3 Å². The van der Waals surface area contributed by atoms with Crippen LogP contribution in [-0.2, 0) is 4.74 Å². The Hall–Kier alpha value is -2.26. The first kappa shape index (κ1) is 18.7. The zero-order chi connectivity index (χ0) is 19.8. The maximum Gasteiger partial charge on any atom is 0.276 e. The highest BCUT2D eigenvalue weighted by Crippen LogP contribution is 2.56. The Morgan fingerprint density at radius 3 is 2.48 bits per heavy atom. The fraction of sp³-hybridized carbons (Fsp3) is 0.600. The minimum absolute atomic E-state index is 0.0656. The number of piperidine rings is 1. The largest absolute Gasteiger partial charge is 0.378 e. The number of ether oxygens (including phenoxy) is 1. The molecular weight excluding hydrogens is 390 g/mol.